The van der Waals surface area contributed by atoms with E-state index >= 15 is 0 Å². The number of aliphatic carboxylic acids is 1. The lowest BCUT2D eigenvalue weighted by atomic mass is 9.78. The SMILES string of the molecule is CC(C)c1ccc(C#CC2=NC=C3CN(C4CC(C(=O)O)C4)CCC3[N-]2)cc1. The van der Waals surface area contributed by atoms with E-state index in [1.54, 1.807) is 0 Å². The highest BCUT2D eigenvalue weighted by atomic mass is 16.4. The molecule has 0 bridgehead atoms. The molecule has 1 saturated carbocycles. The van der Waals surface area contributed by atoms with E-state index in [0.717, 1.165) is 37.9 Å². The number of nitrogens with zero attached hydrogens (tertiary/aromatic N) is 3. The molecule has 28 heavy (non-hydrogen) atoms. The molecule has 2 aliphatic heterocycles. The monoisotopic (exact) mass is 376 g/mol. The Morgan fingerprint density at radius 3 is 2.68 bits per heavy atom. The fourth-order valence-corrected chi connectivity index (χ4v) is 4.04. The van der Waals surface area contributed by atoms with Gasteiger partial charge in [0.1, 0.15) is 0 Å². The molecular formula is C23H26N3O2-. The molecule has 0 spiro atoms. The lowest BCUT2D eigenvalue weighted by Gasteiger charge is -2.47. The normalized spacial score (nSPS) is 26.8. The van der Waals surface area contributed by atoms with E-state index in [9.17, 15) is 4.79 Å². The number of fused-ring (bicyclic) bond motifs is 1. The quantitative estimate of drug-likeness (QED) is 0.817. The third-order valence-corrected chi connectivity index (χ3v) is 6.01. The summed E-state index contributed by atoms with van der Waals surface area (Å²) in [5.41, 5.74) is 3.51. The van der Waals surface area contributed by atoms with Gasteiger partial charge in [-0.2, -0.15) is 0 Å². The molecule has 0 aromatic heterocycles. The van der Waals surface area contributed by atoms with Crippen LogP contribution in [0.4, 0.5) is 0 Å². The van der Waals surface area contributed by atoms with E-state index in [0.29, 0.717) is 17.8 Å². The Labute approximate surface area is 166 Å². The Bertz CT molecular complexity index is 867. The van der Waals surface area contributed by atoms with E-state index in [1.807, 2.05) is 6.20 Å². The van der Waals surface area contributed by atoms with Gasteiger partial charge < -0.3 is 15.4 Å². The van der Waals surface area contributed by atoms with Crippen LogP contribution in [0.2, 0.25) is 0 Å². The highest BCUT2D eigenvalue weighted by Crippen LogP contribution is 2.36. The van der Waals surface area contributed by atoms with Crippen molar-refractivity contribution in [1.29, 1.82) is 0 Å². The van der Waals surface area contributed by atoms with Crippen LogP contribution < -0.4 is 0 Å². The van der Waals surface area contributed by atoms with Gasteiger partial charge in [0.15, 0.2) is 0 Å². The first-order valence-corrected chi connectivity index (χ1v) is 10.1. The first-order chi connectivity index (χ1) is 13.5. The number of carboxylic acid groups (broad SMARTS) is 1. The second-order valence-corrected chi connectivity index (χ2v) is 8.25. The summed E-state index contributed by atoms with van der Waals surface area (Å²) in [4.78, 5) is 17.8. The van der Waals surface area contributed by atoms with Gasteiger partial charge in [0.2, 0.25) is 0 Å². The van der Waals surface area contributed by atoms with E-state index in [2.05, 4.69) is 59.8 Å². The molecule has 1 unspecified atom stereocenters. The average molecular weight is 376 g/mol. The van der Waals surface area contributed by atoms with E-state index in [-0.39, 0.29) is 12.0 Å². The van der Waals surface area contributed by atoms with Gasteiger partial charge in [0.05, 0.1) is 5.92 Å². The summed E-state index contributed by atoms with van der Waals surface area (Å²) in [6, 6.07) is 8.90. The molecule has 146 valence electrons. The van der Waals surface area contributed by atoms with Gasteiger partial charge in [0.25, 0.3) is 0 Å². The van der Waals surface area contributed by atoms with Crippen molar-refractivity contribution in [2.75, 3.05) is 13.1 Å². The molecule has 1 saturated heterocycles. The van der Waals surface area contributed by atoms with Crippen LogP contribution in [-0.4, -0.2) is 47.0 Å². The summed E-state index contributed by atoms with van der Waals surface area (Å²) in [6.45, 7) is 6.16. The highest BCUT2D eigenvalue weighted by Gasteiger charge is 2.39. The predicted octanol–water partition coefficient (Wildman–Crippen LogP) is 3.77. The van der Waals surface area contributed by atoms with Crippen molar-refractivity contribution >= 4 is 11.8 Å². The number of rotatable bonds is 3. The van der Waals surface area contributed by atoms with Crippen LogP contribution in [0.15, 0.2) is 41.0 Å². The standard InChI is InChI=1S/C23H27N3O2/c1-15(2)17-6-3-16(4-7-17)5-8-22-24-13-19-14-26(10-9-21(19)25-22)20-11-18(12-20)23(27)28/h3-4,6-7,13,15,18,20-21H,9-12,14H2,1-2H3,(H2,24,25,27,28)/p-1. The van der Waals surface area contributed by atoms with Crippen molar-refractivity contribution in [3.63, 3.8) is 0 Å². The maximum Gasteiger partial charge on any atom is 0.306 e. The van der Waals surface area contributed by atoms with E-state index in [1.165, 1.54) is 11.1 Å². The molecule has 0 radical (unpaired) electrons. The molecule has 2 heterocycles. The third-order valence-electron chi connectivity index (χ3n) is 6.01. The minimum atomic E-state index is -0.662. The minimum absolute atomic E-state index is 0.164. The number of piperidine rings is 1. The second-order valence-electron chi connectivity index (χ2n) is 8.25. The Morgan fingerprint density at radius 1 is 1.25 bits per heavy atom. The first-order valence-electron chi connectivity index (χ1n) is 10.1. The lowest BCUT2D eigenvalue weighted by molar-refractivity contribution is -0.147. The zero-order valence-electron chi connectivity index (χ0n) is 16.4. The molecule has 1 N–H and O–H groups in total. The average Bonchev–Trinajstić information content (AvgIpc) is 2.65. The molecule has 3 aliphatic rings. The number of hydrogen-bond acceptors (Lipinski definition) is 3. The van der Waals surface area contributed by atoms with Crippen LogP contribution in [-0.2, 0) is 4.79 Å². The maximum atomic E-state index is 11.0. The molecule has 0 amide bonds. The van der Waals surface area contributed by atoms with Crippen LogP contribution in [0.25, 0.3) is 5.32 Å². The van der Waals surface area contributed by atoms with Gasteiger partial charge >= 0.3 is 5.97 Å². The molecule has 4 rings (SSSR count). The van der Waals surface area contributed by atoms with E-state index in [4.69, 9.17) is 10.4 Å². The Morgan fingerprint density at radius 2 is 2.00 bits per heavy atom. The van der Waals surface area contributed by atoms with Gasteiger partial charge in [-0.05, 0) is 61.3 Å². The van der Waals surface area contributed by atoms with Gasteiger partial charge in [-0.1, -0.05) is 49.6 Å². The van der Waals surface area contributed by atoms with Gasteiger partial charge in [-0.15, -0.1) is 0 Å². The molecule has 1 atom stereocenters. The van der Waals surface area contributed by atoms with Crippen LogP contribution in [0.1, 0.15) is 50.2 Å². The van der Waals surface area contributed by atoms with Gasteiger partial charge in [0, 0.05) is 18.2 Å². The zero-order valence-corrected chi connectivity index (χ0v) is 16.4. The van der Waals surface area contributed by atoms with Gasteiger partial charge in [-0.3, -0.25) is 9.69 Å². The molecular weight excluding hydrogens is 350 g/mol. The maximum absolute atomic E-state index is 11.0. The number of hydrogen-bond donors (Lipinski definition) is 1. The smallest absolute Gasteiger partial charge is 0.306 e. The largest absolute Gasteiger partial charge is 0.481 e. The Balaban J connectivity index is 1.37. The third kappa shape index (κ3) is 3.98. The van der Waals surface area contributed by atoms with Crippen molar-refractivity contribution in [1.82, 2.24) is 4.90 Å². The number of carbonyl (C=O) groups is 1. The van der Waals surface area contributed by atoms with Crippen molar-refractivity contribution < 1.29 is 9.90 Å². The summed E-state index contributed by atoms with van der Waals surface area (Å²) in [6.07, 6.45) is 4.40. The number of carboxylic acids is 1. The molecule has 1 aromatic rings. The van der Waals surface area contributed by atoms with Gasteiger partial charge in [-0.25, -0.2) is 0 Å². The summed E-state index contributed by atoms with van der Waals surface area (Å²) < 4.78 is 0. The Hall–Kier alpha value is -2.58. The summed E-state index contributed by atoms with van der Waals surface area (Å²) in [5, 5.41) is 13.8. The summed E-state index contributed by atoms with van der Waals surface area (Å²) >= 11 is 0. The highest BCUT2D eigenvalue weighted by molar-refractivity contribution is 6.10. The van der Waals surface area contributed by atoms with Crippen LogP contribution in [0.5, 0.6) is 0 Å². The molecule has 5 nitrogen and oxygen atoms in total. The number of amidine groups is 1. The molecule has 5 heteroatoms. The van der Waals surface area contributed by atoms with Crippen LogP contribution in [0, 0.1) is 17.8 Å². The minimum Gasteiger partial charge on any atom is -0.481 e. The number of likely N-dealkylation sites (tertiary alicyclic amines) is 1. The van der Waals surface area contributed by atoms with Crippen molar-refractivity contribution in [3.05, 3.63) is 52.5 Å². The van der Waals surface area contributed by atoms with Crippen molar-refractivity contribution in [3.8, 4) is 11.8 Å². The summed E-state index contributed by atoms with van der Waals surface area (Å²) in [5.74, 6) is 6.56. The Kier molecular flexibility index (Phi) is 5.23. The summed E-state index contributed by atoms with van der Waals surface area (Å²) in [7, 11) is 0. The van der Waals surface area contributed by atoms with Crippen molar-refractivity contribution in [2.45, 2.75) is 51.1 Å². The topological polar surface area (TPSA) is 67.0 Å². The van der Waals surface area contributed by atoms with Crippen molar-refractivity contribution in [2.24, 2.45) is 10.9 Å². The first kappa shape index (κ1) is 18.8. The van der Waals surface area contributed by atoms with Crippen LogP contribution >= 0.6 is 0 Å². The lowest BCUT2D eigenvalue weighted by Crippen LogP contribution is -2.51. The molecule has 1 aliphatic carbocycles. The number of benzene rings is 1. The fraction of sp³-hybridized carbons (Fsp3) is 0.478. The molecule has 1 aromatic carbocycles. The second kappa shape index (κ2) is 7.81. The molecule has 2 fully saturated rings. The number of aliphatic imine (C=N–C) groups is 1. The van der Waals surface area contributed by atoms with Crippen LogP contribution in [0.3, 0.4) is 0 Å². The zero-order chi connectivity index (χ0) is 19.7. The predicted molar refractivity (Wildman–Crippen MR) is 110 cm³/mol. The fourth-order valence-electron chi connectivity index (χ4n) is 4.04. The van der Waals surface area contributed by atoms with E-state index < -0.39 is 5.97 Å².